The summed E-state index contributed by atoms with van der Waals surface area (Å²) < 4.78 is 32.9. The Kier molecular flexibility index (Phi) is 4.76. The van der Waals surface area contributed by atoms with E-state index in [1.165, 1.54) is 24.4 Å². The lowest BCUT2D eigenvalue weighted by molar-refractivity contribution is 0.102. The number of hydrogen-bond acceptors (Lipinski definition) is 4. The Hall–Kier alpha value is -2.15. The highest BCUT2D eigenvalue weighted by molar-refractivity contribution is 7.99. The number of para-hydroxylation sites is 1. The average molecular weight is 336 g/mol. The van der Waals surface area contributed by atoms with E-state index in [1.807, 2.05) is 0 Å². The third-order valence-electron chi connectivity index (χ3n) is 3.37. The summed E-state index contributed by atoms with van der Waals surface area (Å²) in [5.74, 6) is -0.0180. The Bertz CT molecular complexity index is 701. The van der Waals surface area contributed by atoms with Crippen LogP contribution in [0.5, 0.6) is 5.88 Å². The summed E-state index contributed by atoms with van der Waals surface area (Å²) in [7, 11) is 0. The van der Waals surface area contributed by atoms with Crippen molar-refractivity contribution in [1.82, 2.24) is 4.98 Å². The van der Waals surface area contributed by atoms with E-state index in [0.29, 0.717) is 5.88 Å². The van der Waals surface area contributed by atoms with Gasteiger partial charge in [0.05, 0.1) is 0 Å². The van der Waals surface area contributed by atoms with Gasteiger partial charge in [0, 0.05) is 23.6 Å². The van der Waals surface area contributed by atoms with Crippen LogP contribution >= 0.6 is 11.8 Å². The minimum Gasteiger partial charge on any atom is -0.473 e. The van der Waals surface area contributed by atoms with E-state index in [2.05, 4.69) is 10.3 Å². The molecular formula is C16H14F2N2O2S. The molecule has 1 unspecified atom stereocenters. The third-order valence-corrected chi connectivity index (χ3v) is 4.51. The number of halogens is 2. The lowest BCUT2D eigenvalue weighted by atomic mass is 10.2. The maximum Gasteiger partial charge on any atom is 0.256 e. The standard InChI is InChI=1S/C16H14F2N2O2S/c17-12-2-1-3-13(18)15(12)20-16(21)10-4-6-19-14(8-10)22-11-5-7-23-9-11/h1-4,6,8,11H,5,7,9H2,(H,20,21). The number of ether oxygens (including phenoxy) is 1. The molecule has 1 aliphatic rings. The van der Waals surface area contributed by atoms with Crippen LogP contribution in [0.2, 0.25) is 0 Å². The predicted octanol–water partition coefficient (Wildman–Crippen LogP) is 3.50. The van der Waals surface area contributed by atoms with E-state index in [0.717, 1.165) is 30.1 Å². The number of aromatic nitrogens is 1. The van der Waals surface area contributed by atoms with Crippen molar-refractivity contribution >= 4 is 23.4 Å². The molecule has 1 aromatic carbocycles. The maximum absolute atomic E-state index is 13.6. The van der Waals surface area contributed by atoms with Crippen molar-refractivity contribution in [3.05, 3.63) is 53.7 Å². The smallest absolute Gasteiger partial charge is 0.256 e. The molecule has 7 heteroatoms. The average Bonchev–Trinajstić information content (AvgIpc) is 3.04. The minimum atomic E-state index is -0.827. The second kappa shape index (κ2) is 6.95. The van der Waals surface area contributed by atoms with Gasteiger partial charge in [-0.05, 0) is 30.4 Å². The van der Waals surface area contributed by atoms with Crippen molar-refractivity contribution in [3.63, 3.8) is 0 Å². The fourth-order valence-electron chi connectivity index (χ4n) is 2.19. The number of rotatable bonds is 4. The van der Waals surface area contributed by atoms with Crippen LogP contribution in [-0.4, -0.2) is 28.5 Å². The van der Waals surface area contributed by atoms with Gasteiger partial charge in [0.15, 0.2) is 0 Å². The van der Waals surface area contributed by atoms with Gasteiger partial charge >= 0.3 is 0 Å². The molecule has 0 bridgehead atoms. The van der Waals surface area contributed by atoms with Gasteiger partial charge < -0.3 is 10.1 Å². The van der Waals surface area contributed by atoms with Crippen molar-refractivity contribution in [3.8, 4) is 5.88 Å². The SMILES string of the molecule is O=C(Nc1c(F)cccc1F)c1ccnc(OC2CCSC2)c1. The van der Waals surface area contributed by atoms with E-state index in [-0.39, 0.29) is 11.7 Å². The Morgan fingerprint density at radius 2 is 2.09 bits per heavy atom. The summed E-state index contributed by atoms with van der Waals surface area (Å²) in [6.45, 7) is 0. The molecule has 0 spiro atoms. The number of benzene rings is 1. The van der Waals surface area contributed by atoms with Crippen LogP contribution in [0, 0.1) is 11.6 Å². The van der Waals surface area contributed by atoms with Crippen LogP contribution in [0.25, 0.3) is 0 Å². The van der Waals surface area contributed by atoms with E-state index in [1.54, 1.807) is 11.8 Å². The number of carbonyl (C=O) groups is 1. The molecule has 0 aliphatic carbocycles. The zero-order valence-corrected chi connectivity index (χ0v) is 12.9. The topological polar surface area (TPSA) is 51.2 Å². The molecule has 120 valence electrons. The highest BCUT2D eigenvalue weighted by atomic mass is 32.2. The highest BCUT2D eigenvalue weighted by Gasteiger charge is 2.19. The number of nitrogens with zero attached hydrogens (tertiary/aromatic N) is 1. The van der Waals surface area contributed by atoms with Crippen molar-refractivity contribution in [1.29, 1.82) is 0 Å². The molecular weight excluding hydrogens is 322 g/mol. The summed E-state index contributed by atoms with van der Waals surface area (Å²) in [5.41, 5.74) is -0.243. The monoisotopic (exact) mass is 336 g/mol. The molecule has 23 heavy (non-hydrogen) atoms. The summed E-state index contributed by atoms with van der Waals surface area (Å²) in [6.07, 6.45) is 2.45. The molecule has 1 atom stereocenters. The summed E-state index contributed by atoms with van der Waals surface area (Å²) in [6, 6.07) is 6.33. The molecule has 0 saturated carbocycles. The molecule has 1 amide bonds. The number of carbonyl (C=O) groups excluding carboxylic acids is 1. The Labute approximate surface area is 136 Å². The van der Waals surface area contributed by atoms with Crippen molar-refractivity contribution in [2.45, 2.75) is 12.5 Å². The second-order valence-corrected chi connectivity index (χ2v) is 6.19. The van der Waals surface area contributed by atoms with Crippen LogP contribution in [0.4, 0.5) is 14.5 Å². The zero-order valence-electron chi connectivity index (χ0n) is 12.1. The first-order chi connectivity index (χ1) is 11.1. The first-order valence-corrected chi connectivity index (χ1v) is 8.25. The van der Waals surface area contributed by atoms with Gasteiger partial charge in [-0.25, -0.2) is 13.8 Å². The number of thioether (sulfide) groups is 1. The van der Waals surface area contributed by atoms with Crippen LogP contribution < -0.4 is 10.1 Å². The number of pyridine rings is 1. The molecule has 1 aliphatic heterocycles. The van der Waals surface area contributed by atoms with Gasteiger partial charge in [0.25, 0.3) is 5.91 Å². The number of amides is 1. The van der Waals surface area contributed by atoms with E-state index < -0.39 is 23.2 Å². The van der Waals surface area contributed by atoms with E-state index in [9.17, 15) is 13.6 Å². The Balaban J connectivity index is 1.74. The van der Waals surface area contributed by atoms with Crippen molar-refractivity contribution < 1.29 is 18.3 Å². The summed E-state index contributed by atoms with van der Waals surface area (Å²) in [4.78, 5) is 16.2. The van der Waals surface area contributed by atoms with Crippen LogP contribution in [0.15, 0.2) is 36.5 Å². The van der Waals surface area contributed by atoms with Crippen LogP contribution in [-0.2, 0) is 0 Å². The molecule has 0 radical (unpaired) electrons. The maximum atomic E-state index is 13.6. The number of hydrogen-bond donors (Lipinski definition) is 1. The van der Waals surface area contributed by atoms with Gasteiger partial charge in [0.2, 0.25) is 5.88 Å². The summed E-state index contributed by atoms with van der Waals surface area (Å²) >= 11 is 1.80. The lowest BCUT2D eigenvalue weighted by Crippen LogP contribution is -2.17. The van der Waals surface area contributed by atoms with E-state index >= 15 is 0 Å². The van der Waals surface area contributed by atoms with Gasteiger partial charge in [-0.3, -0.25) is 4.79 Å². The molecule has 1 N–H and O–H groups in total. The van der Waals surface area contributed by atoms with Gasteiger partial charge in [-0.2, -0.15) is 11.8 Å². The third kappa shape index (κ3) is 3.79. The van der Waals surface area contributed by atoms with Crippen molar-refractivity contribution in [2.75, 3.05) is 16.8 Å². The Morgan fingerprint density at radius 1 is 1.30 bits per heavy atom. The van der Waals surface area contributed by atoms with Gasteiger partial charge in [-0.15, -0.1) is 0 Å². The van der Waals surface area contributed by atoms with Gasteiger partial charge in [-0.1, -0.05) is 6.07 Å². The second-order valence-electron chi connectivity index (χ2n) is 5.04. The van der Waals surface area contributed by atoms with Crippen LogP contribution in [0.1, 0.15) is 16.8 Å². The molecule has 1 aromatic heterocycles. The van der Waals surface area contributed by atoms with Crippen molar-refractivity contribution in [2.24, 2.45) is 0 Å². The van der Waals surface area contributed by atoms with Crippen LogP contribution in [0.3, 0.4) is 0 Å². The number of nitrogens with one attached hydrogen (secondary N) is 1. The minimum absolute atomic E-state index is 0.0785. The fraction of sp³-hybridized carbons (Fsp3) is 0.250. The molecule has 1 saturated heterocycles. The Morgan fingerprint density at radius 3 is 2.78 bits per heavy atom. The largest absolute Gasteiger partial charge is 0.473 e. The molecule has 4 nitrogen and oxygen atoms in total. The zero-order chi connectivity index (χ0) is 16.2. The normalized spacial score (nSPS) is 17.0. The van der Waals surface area contributed by atoms with E-state index in [4.69, 9.17) is 4.74 Å². The molecule has 3 rings (SSSR count). The molecule has 2 aromatic rings. The summed E-state index contributed by atoms with van der Waals surface area (Å²) in [5, 5.41) is 2.24. The number of anilines is 1. The highest BCUT2D eigenvalue weighted by Crippen LogP contribution is 2.23. The predicted molar refractivity (Wildman–Crippen MR) is 84.9 cm³/mol. The van der Waals surface area contributed by atoms with Gasteiger partial charge in [0.1, 0.15) is 23.4 Å². The quantitative estimate of drug-likeness (QED) is 0.928. The first kappa shape index (κ1) is 15.7. The molecule has 2 heterocycles. The molecule has 1 fully saturated rings. The lowest BCUT2D eigenvalue weighted by Gasteiger charge is -2.12. The first-order valence-electron chi connectivity index (χ1n) is 7.09. The fourth-order valence-corrected chi connectivity index (χ4v) is 3.29.